The molecule has 1 heterocycles. The second-order valence-corrected chi connectivity index (χ2v) is 5.21. The van der Waals surface area contributed by atoms with Crippen LogP contribution in [0.25, 0.3) is 0 Å². The van der Waals surface area contributed by atoms with Crippen LogP contribution in [-0.2, 0) is 4.79 Å². The summed E-state index contributed by atoms with van der Waals surface area (Å²) in [5.74, 6) is -0.330. The Labute approximate surface area is 146 Å². The van der Waals surface area contributed by atoms with Crippen molar-refractivity contribution >= 4 is 11.8 Å². The van der Waals surface area contributed by atoms with Gasteiger partial charge in [0, 0.05) is 5.56 Å². The number of carbonyl (C=O) groups excluding carboxylic acids is 2. The van der Waals surface area contributed by atoms with Crippen LogP contribution < -0.4 is 25.1 Å². The molecule has 0 bridgehead atoms. The van der Waals surface area contributed by atoms with Gasteiger partial charge < -0.3 is 14.2 Å². The van der Waals surface area contributed by atoms with E-state index in [4.69, 9.17) is 9.47 Å². The zero-order valence-electron chi connectivity index (χ0n) is 13.3. The zero-order valence-corrected chi connectivity index (χ0v) is 13.3. The number of para-hydroxylation sites is 2. The van der Waals surface area contributed by atoms with Crippen molar-refractivity contribution in [2.24, 2.45) is 0 Å². The molecule has 2 aromatic carbocycles. The fourth-order valence-corrected chi connectivity index (χ4v) is 2.21. The van der Waals surface area contributed by atoms with Gasteiger partial charge in [0.25, 0.3) is 11.8 Å². The molecule has 0 fully saturated rings. The maximum Gasteiger partial charge on any atom is 0.387 e. The first-order valence-corrected chi connectivity index (χ1v) is 7.56. The first kappa shape index (κ1) is 17.5. The standard InChI is InChI=1S/C17H14F2N2O5/c18-17(19)25-11-7-5-10(6-8-11)15(22)20-21-16(23)14-9-24-12-3-1-2-4-13(12)26-14/h1-8,14,17H,9H2,(H,20,22)(H,21,23)/t14-/m1/s1. The van der Waals surface area contributed by atoms with Gasteiger partial charge in [0.1, 0.15) is 12.4 Å². The molecule has 1 aliphatic rings. The lowest BCUT2D eigenvalue weighted by Crippen LogP contribution is -2.50. The largest absolute Gasteiger partial charge is 0.485 e. The minimum atomic E-state index is -2.95. The summed E-state index contributed by atoms with van der Waals surface area (Å²) in [6.45, 7) is -2.95. The van der Waals surface area contributed by atoms with E-state index in [0.29, 0.717) is 11.5 Å². The van der Waals surface area contributed by atoms with Crippen molar-refractivity contribution in [3.05, 3.63) is 54.1 Å². The number of rotatable bonds is 4. The molecule has 0 saturated carbocycles. The number of nitrogens with one attached hydrogen (secondary N) is 2. The highest BCUT2D eigenvalue weighted by atomic mass is 19.3. The molecule has 0 aliphatic carbocycles. The highest BCUT2D eigenvalue weighted by Gasteiger charge is 2.27. The summed E-state index contributed by atoms with van der Waals surface area (Å²) in [5, 5.41) is 0. The van der Waals surface area contributed by atoms with E-state index in [9.17, 15) is 18.4 Å². The maximum absolute atomic E-state index is 12.1. The van der Waals surface area contributed by atoms with Crippen LogP contribution in [0.15, 0.2) is 48.5 Å². The molecule has 2 amide bonds. The van der Waals surface area contributed by atoms with Crippen molar-refractivity contribution in [1.82, 2.24) is 10.9 Å². The van der Waals surface area contributed by atoms with Gasteiger partial charge in [-0.05, 0) is 36.4 Å². The summed E-state index contributed by atoms with van der Waals surface area (Å²) < 4.78 is 39.3. The van der Waals surface area contributed by atoms with Gasteiger partial charge in [0.05, 0.1) is 0 Å². The molecule has 26 heavy (non-hydrogen) atoms. The van der Waals surface area contributed by atoms with Gasteiger partial charge in [-0.3, -0.25) is 20.4 Å². The number of fused-ring (bicyclic) bond motifs is 1. The summed E-state index contributed by atoms with van der Waals surface area (Å²) in [5.41, 5.74) is 4.60. The van der Waals surface area contributed by atoms with E-state index in [1.165, 1.54) is 24.3 Å². The van der Waals surface area contributed by atoms with E-state index >= 15 is 0 Å². The number of ether oxygens (including phenoxy) is 3. The van der Waals surface area contributed by atoms with Crippen LogP contribution in [0.4, 0.5) is 8.78 Å². The third kappa shape index (κ3) is 4.18. The number of alkyl halides is 2. The third-order valence-electron chi connectivity index (χ3n) is 3.44. The van der Waals surface area contributed by atoms with Crippen LogP contribution in [-0.4, -0.2) is 31.1 Å². The molecule has 0 saturated heterocycles. The highest BCUT2D eigenvalue weighted by Crippen LogP contribution is 2.30. The molecule has 2 N–H and O–H groups in total. The van der Waals surface area contributed by atoms with Crippen molar-refractivity contribution in [3.63, 3.8) is 0 Å². The van der Waals surface area contributed by atoms with Crippen molar-refractivity contribution in [1.29, 1.82) is 0 Å². The second-order valence-electron chi connectivity index (χ2n) is 5.21. The van der Waals surface area contributed by atoms with Crippen LogP contribution in [0.5, 0.6) is 17.2 Å². The zero-order chi connectivity index (χ0) is 18.5. The molecule has 136 valence electrons. The van der Waals surface area contributed by atoms with Gasteiger partial charge in [0.2, 0.25) is 6.10 Å². The van der Waals surface area contributed by atoms with E-state index in [2.05, 4.69) is 15.6 Å². The Morgan fingerprint density at radius 1 is 1.04 bits per heavy atom. The SMILES string of the molecule is O=C(NNC(=O)[C@H]1COc2ccccc2O1)c1ccc(OC(F)F)cc1. The fourth-order valence-electron chi connectivity index (χ4n) is 2.21. The molecular weight excluding hydrogens is 350 g/mol. The molecule has 2 aromatic rings. The number of hydrazine groups is 1. The Morgan fingerprint density at radius 2 is 1.73 bits per heavy atom. The van der Waals surface area contributed by atoms with Crippen LogP contribution in [0, 0.1) is 0 Å². The number of amides is 2. The van der Waals surface area contributed by atoms with Gasteiger partial charge >= 0.3 is 6.61 Å². The van der Waals surface area contributed by atoms with E-state index in [0.717, 1.165) is 0 Å². The van der Waals surface area contributed by atoms with Gasteiger partial charge in [-0.1, -0.05) is 12.1 Å². The summed E-state index contributed by atoms with van der Waals surface area (Å²) in [7, 11) is 0. The second kappa shape index (κ2) is 7.68. The number of hydrogen-bond acceptors (Lipinski definition) is 5. The molecule has 9 heteroatoms. The number of halogens is 2. The lowest BCUT2D eigenvalue weighted by Gasteiger charge is -2.25. The molecular formula is C17H14F2N2O5. The van der Waals surface area contributed by atoms with Crippen LogP contribution in [0.1, 0.15) is 10.4 Å². The van der Waals surface area contributed by atoms with Crippen LogP contribution in [0.3, 0.4) is 0 Å². The lowest BCUT2D eigenvalue weighted by atomic mass is 10.2. The van der Waals surface area contributed by atoms with Gasteiger partial charge in [-0.2, -0.15) is 8.78 Å². The molecule has 0 spiro atoms. The fraction of sp³-hybridized carbons (Fsp3) is 0.176. The topological polar surface area (TPSA) is 85.9 Å². The van der Waals surface area contributed by atoms with E-state index in [-0.39, 0.29) is 17.9 Å². The highest BCUT2D eigenvalue weighted by molar-refractivity contribution is 5.95. The van der Waals surface area contributed by atoms with E-state index in [1.54, 1.807) is 24.3 Å². The Hall–Kier alpha value is -3.36. The van der Waals surface area contributed by atoms with Crippen LogP contribution >= 0.6 is 0 Å². The lowest BCUT2D eigenvalue weighted by molar-refractivity contribution is -0.131. The Bertz CT molecular complexity index is 798. The molecule has 0 unspecified atom stereocenters. The van der Waals surface area contributed by atoms with Gasteiger partial charge in [0.15, 0.2) is 11.5 Å². The minimum absolute atomic E-state index is 0.00161. The quantitative estimate of drug-likeness (QED) is 0.810. The summed E-state index contributed by atoms with van der Waals surface area (Å²) in [4.78, 5) is 24.1. The monoisotopic (exact) mass is 364 g/mol. The van der Waals surface area contributed by atoms with Crippen molar-refractivity contribution in [3.8, 4) is 17.2 Å². The smallest absolute Gasteiger partial charge is 0.387 e. The summed E-state index contributed by atoms with van der Waals surface area (Å²) >= 11 is 0. The van der Waals surface area contributed by atoms with E-state index < -0.39 is 24.5 Å². The average Bonchev–Trinajstić information content (AvgIpc) is 2.65. The van der Waals surface area contributed by atoms with Gasteiger partial charge in [-0.15, -0.1) is 0 Å². The van der Waals surface area contributed by atoms with Crippen molar-refractivity contribution < 1.29 is 32.6 Å². The Morgan fingerprint density at radius 3 is 2.42 bits per heavy atom. The predicted molar refractivity (Wildman–Crippen MR) is 85.0 cm³/mol. The summed E-state index contributed by atoms with van der Waals surface area (Å²) in [6.07, 6.45) is -0.924. The summed E-state index contributed by atoms with van der Waals surface area (Å²) in [6, 6.07) is 11.9. The maximum atomic E-state index is 12.1. The molecule has 3 rings (SSSR count). The Kier molecular flexibility index (Phi) is 5.16. The average molecular weight is 364 g/mol. The first-order chi connectivity index (χ1) is 12.5. The Balaban J connectivity index is 1.52. The number of hydrogen-bond donors (Lipinski definition) is 2. The third-order valence-corrected chi connectivity index (χ3v) is 3.44. The normalized spacial score (nSPS) is 15.3. The predicted octanol–water partition coefficient (Wildman–Crippen LogP) is 1.89. The minimum Gasteiger partial charge on any atom is -0.485 e. The number of carbonyl (C=O) groups is 2. The van der Waals surface area contributed by atoms with Crippen LogP contribution in [0.2, 0.25) is 0 Å². The van der Waals surface area contributed by atoms with Crippen molar-refractivity contribution in [2.45, 2.75) is 12.7 Å². The molecule has 7 nitrogen and oxygen atoms in total. The number of benzene rings is 2. The first-order valence-electron chi connectivity index (χ1n) is 7.56. The molecule has 1 aliphatic heterocycles. The molecule has 1 atom stereocenters. The van der Waals surface area contributed by atoms with E-state index in [1.807, 2.05) is 0 Å². The molecule has 0 aromatic heterocycles. The van der Waals surface area contributed by atoms with Gasteiger partial charge in [-0.25, -0.2) is 0 Å². The van der Waals surface area contributed by atoms with Crippen molar-refractivity contribution in [2.75, 3.05) is 6.61 Å². The molecule has 0 radical (unpaired) electrons.